The highest BCUT2D eigenvalue weighted by molar-refractivity contribution is 5.73. The van der Waals surface area contributed by atoms with Gasteiger partial charge in [0, 0.05) is 63.7 Å². The average Bonchev–Trinajstić information content (AvgIpc) is 3.21. The number of nitrogens with zero attached hydrogens (tertiary/aromatic N) is 6. The number of carbonyl (C=O) groups excluding carboxylic acids is 1. The van der Waals surface area contributed by atoms with E-state index in [-0.39, 0.29) is 24.8 Å². The zero-order valence-corrected chi connectivity index (χ0v) is 17.5. The van der Waals surface area contributed by atoms with Crippen LogP contribution in [-0.4, -0.2) is 68.7 Å². The Morgan fingerprint density at radius 3 is 2.47 bits per heavy atom. The highest BCUT2D eigenvalue weighted by Crippen LogP contribution is 2.36. The van der Waals surface area contributed by atoms with Gasteiger partial charge in [0.05, 0.1) is 5.69 Å². The highest BCUT2D eigenvalue weighted by atomic mass is 19.3. The van der Waals surface area contributed by atoms with Gasteiger partial charge in [-0.3, -0.25) is 4.79 Å². The minimum Gasteiger partial charge on any atom is -0.367 e. The summed E-state index contributed by atoms with van der Waals surface area (Å²) >= 11 is 0. The molecule has 2 aliphatic rings. The number of nitrogens with one attached hydrogen (secondary N) is 1. The molecule has 1 amide bonds. The van der Waals surface area contributed by atoms with E-state index in [4.69, 9.17) is 4.98 Å². The lowest BCUT2D eigenvalue weighted by molar-refractivity contribution is -0.129. The Balaban J connectivity index is 1.63. The van der Waals surface area contributed by atoms with Crippen molar-refractivity contribution >= 4 is 17.5 Å². The number of carbonyl (C=O) groups is 1. The summed E-state index contributed by atoms with van der Waals surface area (Å²) in [4.78, 5) is 24.8. The lowest BCUT2D eigenvalue weighted by Crippen LogP contribution is -2.48. The smallest absolute Gasteiger partial charge is 0.254 e. The number of piperazine rings is 1. The van der Waals surface area contributed by atoms with Gasteiger partial charge in [0.15, 0.2) is 0 Å². The van der Waals surface area contributed by atoms with Crippen LogP contribution in [0.5, 0.6) is 0 Å². The average molecular weight is 419 g/mol. The number of halogens is 2. The van der Waals surface area contributed by atoms with Gasteiger partial charge in [-0.1, -0.05) is 0 Å². The molecule has 0 spiro atoms. The largest absolute Gasteiger partial charge is 0.367 e. The Morgan fingerprint density at radius 1 is 1.17 bits per heavy atom. The van der Waals surface area contributed by atoms with Gasteiger partial charge in [0.1, 0.15) is 11.6 Å². The van der Waals surface area contributed by atoms with Crippen LogP contribution in [0, 0.1) is 13.8 Å². The van der Waals surface area contributed by atoms with Gasteiger partial charge in [-0.2, -0.15) is 15.1 Å². The lowest BCUT2D eigenvalue weighted by atomic mass is 10.2. The van der Waals surface area contributed by atoms with Crippen molar-refractivity contribution in [3.05, 3.63) is 23.5 Å². The van der Waals surface area contributed by atoms with Gasteiger partial charge in [0.2, 0.25) is 11.8 Å². The molecule has 1 aliphatic carbocycles. The van der Waals surface area contributed by atoms with E-state index in [9.17, 15) is 13.6 Å². The molecule has 1 saturated carbocycles. The molecule has 4 rings (SSSR count). The van der Waals surface area contributed by atoms with Gasteiger partial charge >= 0.3 is 0 Å². The molecule has 1 saturated heterocycles. The maximum absolute atomic E-state index is 13.6. The topological polar surface area (TPSA) is 79.2 Å². The lowest BCUT2D eigenvalue weighted by Gasteiger charge is -2.35. The molecule has 0 radical (unpaired) electrons. The van der Waals surface area contributed by atoms with Crippen molar-refractivity contribution in [2.45, 2.75) is 52.0 Å². The first-order valence-corrected chi connectivity index (χ1v) is 10.3. The number of amides is 1. The molecule has 2 aromatic rings. The standard InChI is InChI=1S/C20H27F2N7O/c1-13-10-14(2)29(26-13)19-24-17(23-16-4-5-20(21,22)12-16)11-18(25-19)28-8-6-27(7-9-28)15(3)30/h10-11,16H,4-9,12H2,1-3H3,(H,23,24,25). The molecule has 10 heteroatoms. The molecule has 1 N–H and O–H groups in total. The van der Waals surface area contributed by atoms with Gasteiger partial charge in [-0.05, 0) is 26.3 Å². The predicted molar refractivity (Wildman–Crippen MR) is 109 cm³/mol. The number of anilines is 2. The second-order valence-corrected chi connectivity index (χ2v) is 8.18. The number of hydrogen-bond acceptors (Lipinski definition) is 6. The van der Waals surface area contributed by atoms with Crippen LogP contribution in [-0.2, 0) is 4.79 Å². The maximum Gasteiger partial charge on any atom is 0.254 e. The fourth-order valence-corrected chi connectivity index (χ4v) is 4.12. The molecular weight excluding hydrogens is 392 g/mol. The molecule has 162 valence electrons. The molecule has 3 heterocycles. The molecule has 0 bridgehead atoms. The second-order valence-electron chi connectivity index (χ2n) is 8.18. The van der Waals surface area contributed by atoms with Crippen LogP contribution >= 0.6 is 0 Å². The third kappa shape index (κ3) is 4.36. The summed E-state index contributed by atoms with van der Waals surface area (Å²) in [5.74, 6) is -0.957. The quantitative estimate of drug-likeness (QED) is 0.821. The van der Waals surface area contributed by atoms with Crippen LogP contribution in [0.15, 0.2) is 12.1 Å². The van der Waals surface area contributed by atoms with Crippen molar-refractivity contribution in [2.75, 3.05) is 36.4 Å². The normalized spacial score (nSPS) is 21.2. The van der Waals surface area contributed by atoms with Crippen molar-refractivity contribution in [3.63, 3.8) is 0 Å². The van der Waals surface area contributed by atoms with Crippen molar-refractivity contribution in [1.29, 1.82) is 0 Å². The first-order chi connectivity index (χ1) is 14.2. The third-order valence-electron chi connectivity index (χ3n) is 5.70. The van der Waals surface area contributed by atoms with E-state index < -0.39 is 5.92 Å². The number of aromatic nitrogens is 4. The molecule has 1 unspecified atom stereocenters. The Kier molecular flexibility index (Phi) is 5.33. The third-order valence-corrected chi connectivity index (χ3v) is 5.70. The maximum atomic E-state index is 13.6. The number of hydrogen-bond donors (Lipinski definition) is 1. The van der Waals surface area contributed by atoms with Crippen molar-refractivity contribution in [3.8, 4) is 5.95 Å². The van der Waals surface area contributed by atoms with Crippen molar-refractivity contribution in [2.24, 2.45) is 0 Å². The van der Waals surface area contributed by atoms with E-state index in [1.807, 2.05) is 19.9 Å². The summed E-state index contributed by atoms with van der Waals surface area (Å²) in [5.41, 5.74) is 1.74. The van der Waals surface area contributed by atoms with Crippen molar-refractivity contribution in [1.82, 2.24) is 24.6 Å². The SMILES string of the molecule is CC(=O)N1CCN(c2cc(NC3CCC(F)(F)C3)nc(-n3nc(C)cc3C)n2)CC1. The Hall–Kier alpha value is -2.78. The first kappa shape index (κ1) is 20.5. The van der Waals surface area contributed by atoms with E-state index >= 15 is 0 Å². The first-order valence-electron chi connectivity index (χ1n) is 10.3. The number of alkyl halides is 2. The fourth-order valence-electron chi connectivity index (χ4n) is 4.12. The summed E-state index contributed by atoms with van der Waals surface area (Å²) in [5, 5.41) is 7.65. The van der Waals surface area contributed by atoms with Gasteiger partial charge in [0.25, 0.3) is 5.95 Å². The molecule has 1 atom stereocenters. The zero-order valence-electron chi connectivity index (χ0n) is 17.5. The van der Waals surface area contributed by atoms with Gasteiger partial charge < -0.3 is 15.1 Å². The molecule has 2 fully saturated rings. The molecule has 2 aromatic heterocycles. The zero-order chi connectivity index (χ0) is 21.5. The molecule has 8 nitrogen and oxygen atoms in total. The van der Waals surface area contributed by atoms with Gasteiger partial charge in [-0.15, -0.1) is 0 Å². The summed E-state index contributed by atoms with van der Waals surface area (Å²) in [6.45, 7) is 7.92. The van der Waals surface area contributed by atoms with Crippen LogP contribution in [0.3, 0.4) is 0 Å². The summed E-state index contributed by atoms with van der Waals surface area (Å²) in [7, 11) is 0. The van der Waals surface area contributed by atoms with Crippen molar-refractivity contribution < 1.29 is 13.6 Å². The van der Waals surface area contributed by atoms with Crippen LogP contribution in [0.25, 0.3) is 5.95 Å². The van der Waals surface area contributed by atoms with E-state index in [1.54, 1.807) is 22.6 Å². The number of aryl methyl sites for hydroxylation is 2. The predicted octanol–water partition coefficient (Wildman–Crippen LogP) is 2.55. The van der Waals surface area contributed by atoms with E-state index in [1.165, 1.54) is 0 Å². The Labute approximate surface area is 174 Å². The van der Waals surface area contributed by atoms with Crippen LogP contribution in [0.1, 0.15) is 37.6 Å². The second kappa shape index (κ2) is 7.81. The van der Waals surface area contributed by atoms with Crippen LogP contribution < -0.4 is 10.2 Å². The van der Waals surface area contributed by atoms with Crippen LogP contribution in [0.2, 0.25) is 0 Å². The van der Waals surface area contributed by atoms with E-state index in [2.05, 4.69) is 20.3 Å². The van der Waals surface area contributed by atoms with E-state index in [0.29, 0.717) is 50.2 Å². The molecule has 0 aromatic carbocycles. The van der Waals surface area contributed by atoms with Gasteiger partial charge in [-0.25, -0.2) is 13.5 Å². The summed E-state index contributed by atoms with van der Waals surface area (Å²) in [6, 6.07) is 3.41. The monoisotopic (exact) mass is 419 g/mol. The molecular formula is C20H27F2N7O. The van der Waals surface area contributed by atoms with Crippen LogP contribution in [0.4, 0.5) is 20.4 Å². The summed E-state index contributed by atoms with van der Waals surface area (Å²) in [6.07, 6.45) is 0.0949. The highest BCUT2D eigenvalue weighted by Gasteiger charge is 2.39. The fraction of sp³-hybridized carbons (Fsp3) is 0.600. The Morgan fingerprint density at radius 2 is 1.90 bits per heavy atom. The van der Waals surface area contributed by atoms with E-state index in [0.717, 1.165) is 11.4 Å². The minimum atomic E-state index is -2.63. The molecule has 30 heavy (non-hydrogen) atoms. The summed E-state index contributed by atoms with van der Waals surface area (Å²) < 4.78 is 28.9. The number of rotatable bonds is 4. The molecule has 1 aliphatic heterocycles. The Bertz CT molecular complexity index is 937. The minimum absolute atomic E-state index is 0.0604.